The van der Waals surface area contributed by atoms with Crippen LogP contribution in [0.25, 0.3) is 17.1 Å². The zero-order chi connectivity index (χ0) is 23.2. The third-order valence-corrected chi connectivity index (χ3v) is 5.99. The highest BCUT2D eigenvalue weighted by atomic mass is 35.5. The summed E-state index contributed by atoms with van der Waals surface area (Å²) < 4.78 is 1.93. The molecule has 33 heavy (non-hydrogen) atoms. The van der Waals surface area contributed by atoms with Crippen LogP contribution in [-0.4, -0.2) is 32.6 Å². The Balaban J connectivity index is 1.51. The molecule has 1 N–H and O–H groups in total. The maximum atomic E-state index is 12.4. The zero-order valence-electron chi connectivity index (χ0n) is 18.2. The van der Waals surface area contributed by atoms with Gasteiger partial charge in [0, 0.05) is 16.3 Å². The van der Waals surface area contributed by atoms with Crippen molar-refractivity contribution in [1.82, 2.24) is 20.2 Å². The molecular formula is C25H22ClN5OS. The van der Waals surface area contributed by atoms with Crippen molar-refractivity contribution in [2.24, 2.45) is 5.10 Å². The summed E-state index contributed by atoms with van der Waals surface area (Å²) in [4.78, 5) is 12.4. The second-order valence-corrected chi connectivity index (χ2v) is 8.86. The molecule has 1 amide bonds. The molecule has 1 aromatic heterocycles. The number of carbonyl (C=O) groups excluding carboxylic acids is 1. The van der Waals surface area contributed by atoms with Crippen molar-refractivity contribution in [2.45, 2.75) is 19.0 Å². The van der Waals surface area contributed by atoms with Crippen molar-refractivity contribution in [3.8, 4) is 17.1 Å². The van der Waals surface area contributed by atoms with E-state index < -0.39 is 0 Å². The lowest BCUT2D eigenvalue weighted by atomic mass is 10.1. The van der Waals surface area contributed by atoms with Crippen molar-refractivity contribution in [3.63, 3.8) is 0 Å². The predicted octanol–water partition coefficient (Wildman–Crippen LogP) is 5.45. The second kappa shape index (κ2) is 10.5. The minimum Gasteiger partial charge on any atom is -0.272 e. The normalized spacial score (nSPS) is 11.1. The third kappa shape index (κ3) is 5.88. The van der Waals surface area contributed by atoms with E-state index >= 15 is 0 Å². The van der Waals surface area contributed by atoms with Crippen molar-refractivity contribution >= 4 is 35.5 Å². The molecule has 1 heterocycles. The standard InChI is InChI=1S/C25H22ClN5OS/c1-17-6-8-20(9-7-17)24-29-30-25(31(24)22-12-10-21(26)11-13-22)33-16-23(32)28-27-15-19-5-3-4-18(2)14-19/h3-15H,16H2,1-2H3,(H,28,32). The molecule has 8 heteroatoms. The van der Waals surface area contributed by atoms with E-state index in [1.807, 2.05) is 91.2 Å². The summed E-state index contributed by atoms with van der Waals surface area (Å²) in [6.07, 6.45) is 1.63. The van der Waals surface area contributed by atoms with Gasteiger partial charge in [0.15, 0.2) is 11.0 Å². The van der Waals surface area contributed by atoms with E-state index in [1.165, 1.54) is 11.8 Å². The van der Waals surface area contributed by atoms with Crippen LogP contribution in [-0.2, 0) is 4.79 Å². The Morgan fingerprint density at radius 3 is 2.52 bits per heavy atom. The number of halogens is 1. The molecule has 0 saturated carbocycles. The summed E-state index contributed by atoms with van der Waals surface area (Å²) in [6.45, 7) is 4.04. The molecule has 0 bridgehead atoms. The number of thioether (sulfide) groups is 1. The smallest absolute Gasteiger partial charge is 0.250 e. The summed E-state index contributed by atoms with van der Waals surface area (Å²) in [5.74, 6) is 0.606. The van der Waals surface area contributed by atoms with Gasteiger partial charge >= 0.3 is 0 Å². The van der Waals surface area contributed by atoms with Gasteiger partial charge in [-0.25, -0.2) is 5.43 Å². The summed E-state index contributed by atoms with van der Waals surface area (Å²) >= 11 is 7.37. The van der Waals surface area contributed by atoms with Crippen LogP contribution in [0.3, 0.4) is 0 Å². The molecular weight excluding hydrogens is 454 g/mol. The summed E-state index contributed by atoms with van der Waals surface area (Å²) in [6, 6.07) is 23.4. The minimum absolute atomic E-state index is 0.144. The van der Waals surface area contributed by atoms with Crippen LogP contribution in [0.2, 0.25) is 5.02 Å². The van der Waals surface area contributed by atoms with Crippen LogP contribution in [0.5, 0.6) is 0 Å². The van der Waals surface area contributed by atoms with Crippen molar-refractivity contribution in [3.05, 3.63) is 94.5 Å². The molecule has 4 aromatic rings. The molecule has 0 saturated heterocycles. The van der Waals surface area contributed by atoms with Gasteiger partial charge in [-0.2, -0.15) is 5.10 Å². The number of hydrogen-bond acceptors (Lipinski definition) is 5. The van der Waals surface area contributed by atoms with E-state index in [4.69, 9.17) is 11.6 Å². The lowest BCUT2D eigenvalue weighted by molar-refractivity contribution is -0.118. The molecule has 0 aliphatic heterocycles. The molecule has 0 aliphatic rings. The van der Waals surface area contributed by atoms with Crippen LogP contribution >= 0.6 is 23.4 Å². The largest absolute Gasteiger partial charge is 0.272 e. The van der Waals surface area contributed by atoms with Gasteiger partial charge in [0.1, 0.15) is 0 Å². The maximum absolute atomic E-state index is 12.4. The Bertz CT molecular complexity index is 1280. The van der Waals surface area contributed by atoms with Crippen molar-refractivity contribution < 1.29 is 4.79 Å². The summed E-state index contributed by atoms with van der Waals surface area (Å²) in [5.41, 5.74) is 7.58. The average Bonchev–Trinajstić information content (AvgIpc) is 3.23. The number of rotatable bonds is 7. The molecule has 0 atom stereocenters. The zero-order valence-corrected chi connectivity index (χ0v) is 19.8. The quantitative estimate of drug-likeness (QED) is 0.219. The number of aromatic nitrogens is 3. The Morgan fingerprint density at radius 2 is 1.79 bits per heavy atom. The molecule has 166 valence electrons. The Morgan fingerprint density at radius 1 is 1.03 bits per heavy atom. The fourth-order valence-corrected chi connectivity index (χ4v) is 4.04. The Kier molecular flexibility index (Phi) is 7.22. The first kappa shape index (κ1) is 22.8. The van der Waals surface area contributed by atoms with E-state index in [0.29, 0.717) is 16.0 Å². The SMILES string of the molecule is Cc1ccc(-c2nnc(SCC(=O)NN=Cc3cccc(C)c3)n2-c2ccc(Cl)cc2)cc1. The van der Waals surface area contributed by atoms with Gasteiger partial charge in [-0.15, -0.1) is 10.2 Å². The van der Waals surface area contributed by atoms with Crippen LogP contribution < -0.4 is 5.43 Å². The molecule has 4 rings (SSSR count). The number of hydrogen-bond donors (Lipinski definition) is 1. The first-order valence-electron chi connectivity index (χ1n) is 10.3. The molecule has 6 nitrogen and oxygen atoms in total. The van der Waals surface area contributed by atoms with Gasteiger partial charge < -0.3 is 0 Å². The lowest BCUT2D eigenvalue weighted by Crippen LogP contribution is -2.20. The highest BCUT2D eigenvalue weighted by Crippen LogP contribution is 2.28. The fourth-order valence-electron chi connectivity index (χ4n) is 3.17. The van der Waals surface area contributed by atoms with E-state index in [2.05, 4.69) is 20.7 Å². The summed E-state index contributed by atoms with van der Waals surface area (Å²) in [5, 5.41) is 14.0. The van der Waals surface area contributed by atoms with Crippen LogP contribution in [0, 0.1) is 13.8 Å². The topological polar surface area (TPSA) is 72.2 Å². The first-order chi connectivity index (χ1) is 16.0. The van der Waals surface area contributed by atoms with Gasteiger partial charge in [-0.05, 0) is 43.7 Å². The van der Waals surface area contributed by atoms with Gasteiger partial charge in [0.25, 0.3) is 5.91 Å². The molecule has 0 unspecified atom stereocenters. The number of nitrogens with zero attached hydrogens (tertiary/aromatic N) is 4. The van der Waals surface area contributed by atoms with Crippen LogP contribution in [0.4, 0.5) is 0 Å². The average molecular weight is 476 g/mol. The molecule has 0 radical (unpaired) electrons. The van der Waals surface area contributed by atoms with Gasteiger partial charge in [0.2, 0.25) is 0 Å². The minimum atomic E-state index is -0.230. The number of hydrazone groups is 1. The highest BCUT2D eigenvalue weighted by Gasteiger charge is 2.17. The van der Waals surface area contributed by atoms with Gasteiger partial charge in [-0.1, -0.05) is 83.0 Å². The lowest BCUT2D eigenvalue weighted by Gasteiger charge is -2.10. The number of carbonyl (C=O) groups is 1. The molecule has 3 aromatic carbocycles. The first-order valence-corrected chi connectivity index (χ1v) is 11.7. The van der Waals surface area contributed by atoms with E-state index in [0.717, 1.165) is 27.9 Å². The van der Waals surface area contributed by atoms with Crippen molar-refractivity contribution in [2.75, 3.05) is 5.75 Å². The molecule has 0 spiro atoms. The molecule has 0 aliphatic carbocycles. The van der Waals surface area contributed by atoms with Crippen molar-refractivity contribution in [1.29, 1.82) is 0 Å². The summed E-state index contributed by atoms with van der Waals surface area (Å²) in [7, 11) is 0. The van der Waals surface area contributed by atoms with Crippen LogP contribution in [0.15, 0.2) is 83.1 Å². The number of aryl methyl sites for hydroxylation is 2. The number of amides is 1. The molecule has 0 fully saturated rings. The second-order valence-electron chi connectivity index (χ2n) is 7.48. The fraction of sp³-hybridized carbons (Fsp3) is 0.120. The Hall–Kier alpha value is -3.42. The van der Waals surface area contributed by atoms with E-state index in [-0.39, 0.29) is 11.7 Å². The highest BCUT2D eigenvalue weighted by molar-refractivity contribution is 7.99. The third-order valence-electron chi connectivity index (χ3n) is 4.81. The van der Waals surface area contributed by atoms with E-state index in [1.54, 1.807) is 6.21 Å². The predicted molar refractivity (Wildman–Crippen MR) is 134 cm³/mol. The number of benzene rings is 3. The maximum Gasteiger partial charge on any atom is 0.250 e. The van der Waals surface area contributed by atoms with Gasteiger partial charge in [0.05, 0.1) is 12.0 Å². The van der Waals surface area contributed by atoms with E-state index in [9.17, 15) is 4.79 Å². The van der Waals surface area contributed by atoms with Crippen LogP contribution in [0.1, 0.15) is 16.7 Å². The number of nitrogens with one attached hydrogen (secondary N) is 1. The van der Waals surface area contributed by atoms with Gasteiger partial charge in [-0.3, -0.25) is 9.36 Å². The monoisotopic (exact) mass is 475 g/mol. The Labute approximate surface area is 201 Å².